The number of carbonyl (C=O) groups excluding carboxylic acids is 1. The molecule has 1 saturated carbocycles. The first-order valence-corrected chi connectivity index (χ1v) is 6.50. The van der Waals surface area contributed by atoms with E-state index in [1.54, 1.807) is 10.9 Å². The summed E-state index contributed by atoms with van der Waals surface area (Å²) in [7, 11) is 0. The first-order chi connectivity index (χ1) is 8.22. The summed E-state index contributed by atoms with van der Waals surface area (Å²) in [5, 5.41) is 4.14. The quantitative estimate of drug-likeness (QED) is 0.757. The molecule has 1 amide bonds. The maximum atomic E-state index is 12.4. The van der Waals surface area contributed by atoms with Crippen molar-refractivity contribution in [3.8, 4) is 0 Å². The largest absolute Gasteiger partial charge is 0.341 e. The molecule has 17 heavy (non-hydrogen) atoms. The van der Waals surface area contributed by atoms with E-state index in [4.69, 9.17) is 0 Å². The summed E-state index contributed by atoms with van der Waals surface area (Å²) in [6.07, 6.45) is 7.15. The minimum atomic E-state index is -0.185. The van der Waals surface area contributed by atoms with Crippen molar-refractivity contribution >= 4 is 5.91 Å². The van der Waals surface area contributed by atoms with E-state index >= 15 is 0 Å². The monoisotopic (exact) mass is 235 g/mol. The highest BCUT2D eigenvalue weighted by atomic mass is 16.2. The second-order valence-corrected chi connectivity index (χ2v) is 4.89. The van der Waals surface area contributed by atoms with E-state index in [1.165, 1.54) is 12.8 Å². The zero-order chi connectivity index (χ0) is 12.3. The normalized spacial score (nSPS) is 16.8. The molecule has 0 bridgehead atoms. The van der Waals surface area contributed by atoms with Crippen molar-refractivity contribution in [3.05, 3.63) is 18.5 Å². The van der Waals surface area contributed by atoms with Gasteiger partial charge >= 0.3 is 0 Å². The van der Waals surface area contributed by atoms with Crippen molar-refractivity contribution in [3.63, 3.8) is 0 Å². The summed E-state index contributed by atoms with van der Waals surface area (Å²) in [4.78, 5) is 14.4. The molecule has 0 saturated heterocycles. The Labute approximate surface area is 103 Å². The SMILES string of the molecule is CCCN(CC1CC1)C(=O)C(C)n1cccn1. The molecule has 0 radical (unpaired) electrons. The Balaban J connectivity index is 1.98. The summed E-state index contributed by atoms with van der Waals surface area (Å²) in [5.41, 5.74) is 0. The summed E-state index contributed by atoms with van der Waals surface area (Å²) in [5.74, 6) is 0.942. The highest BCUT2D eigenvalue weighted by molar-refractivity contribution is 5.80. The molecule has 4 nitrogen and oxygen atoms in total. The van der Waals surface area contributed by atoms with Crippen molar-refractivity contribution in [2.24, 2.45) is 5.92 Å². The van der Waals surface area contributed by atoms with Gasteiger partial charge in [0.25, 0.3) is 0 Å². The lowest BCUT2D eigenvalue weighted by molar-refractivity contribution is -0.134. The summed E-state index contributed by atoms with van der Waals surface area (Å²) >= 11 is 0. The predicted octanol–water partition coefficient (Wildman–Crippen LogP) is 2.09. The van der Waals surface area contributed by atoms with Gasteiger partial charge in [0.2, 0.25) is 5.91 Å². The van der Waals surface area contributed by atoms with E-state index in [0.29, 0.717) is 0 Å². The lowest BCUT2D eigenvalue weighted by Crippen LogP contribution is -2.38. The Morgan fingerprint density at radius 1 is 1.59 bits per heavy atom. The number of nitrogens with zero attached hydrogens (tertiary/aromatic N) is 3. The molecule has 0 aliphatic heterocycles. The van der Waals surface area contributed by atoms with Crippen LogP contribution in [0, 0.1) is 5.92 Å². The molecule has 2 rings (SSSR count). The second kappa shape index (κ2) is 5.34. The van der Waals surface area contributed by atoms with Crippen LogP contribution in [-0.4, -0.2) is 33.7 Å². The van der Waals surface area contributed by atoms with Gasteiger partial charge in [0.15, 0.2) is 0 Å². The number of hydrogen-bond donors (Lipinski definition) is 0. The Kier molecular flexibility index (Phi) is 3.82. The molecule has 0 N–H and O–H groups in total. The number of aromatic nitrogens is 2. The number of carbonyl (C=O) groups is 1. The van der Waals surface area contributed by atoms with Crippen LogP contribution < -0.4 is 0 Å². The van der Waals surface area contributed by atoms with Gasteiger partial charge in [-0.25, -0.2) is 0 Å². The molecule has 1 aromatic rings. The van der Waals surface area contributed by atoms with Gasteiger partial charge in [-0.05, 0) is 38.2 Å². The van der Waals surface area contributed by atoms with E-state index in [2.05, 4.69) is 12.0 Å². The summed E-state index contributed by atoms with van der Waals surface area (Å²) in [6.45, 7) is 5.83. The van der Waals surface area contributed by atoms with Gasteiger partial charge in [-0.15, -0.1) is 0 Å². The van der Waals surface area contributed by atoms with Gasteiger partial charge in [-0.2, -0.15) is 5.10 Å². The fraction of sp³-hybridized carbons (Fsp3) is 0.692. The van der Waals surface area contributed by atoms with Gasteiger partial charge in [-0.3, -0.25) is 9.48 Å². The average molecular weight is 235 g/mol. The van der Waals surface area contributed by atoms with Crippen molar-refractivity contribution in [2.45, 2.75) is 39.2 Å². The Morgan fingerprint density at radius 3 is 2.88 bits per heavy atom. The van der Waals surface area contributed by atoms with Crippen LogP contribution in [0.15, 0.2) is 18.5 Å². The van der Waals surface area contributed by atoms with Gasteiger partial charge in [0.1, 0.15) is 6.04 Å². The van der Waals surface area contributed by atoms with Gasteiger partial charge in [-0.1, -0.05) is 6.92 Å². The van der Waals surface area contributed by atoms with Crippen LogP contribution >= 0.6 is 0 Å². The molecule has 1 aromatic heterocycles. The average Bonchev–Trinajstić information content (AvgIpc) is 2.97. The summed E-state index contributed by atoms with van der Waals surface area (Å²) in [6, 6.07) is 1.67. The Morgan fingerprint density at radius 2 is 2.35 bits per heavy atom. The zero-order valence-corrected chi connectivity index (χ0v) is 10.7. The van der Waals surface area contributed by atoms with Crippen LogP contribution in [0.2, 0.25) is 0 Å². The highest BCUT2D eigenvalue weighted by Gasteiger charge is 2.28. The van der Waals surface area contributed by atoms with Gasteiger partial charge in [0.05, 0.1) is 0 Å². The zero-order valence-electron chi connectivity index (χ0n) is 10.7. The van der Waals surface area contributed by atoms with Crippen LogP contribution in [0.3, 0.4) is 0 Å². The number of rotatable bonds is 6. The molecule has 1 heterocycles. The molecule has 0 spiro atoms. The molecule has 1 aliphatic carbocycles. The van der Waals surface area contributed by atoms with Crippen molar-refractivity contribution in [1.29, 1.82) is 0 Å². The maximum Gasteiger partial charge on any atom is 0.247 e. The van der Waals surface area contributed by atoms with Crippen LogP contribution in [0.1, 0.15) is 39.2 Å². The predicted molar refractivity (Wildman–Crippen MR) is 66.5 cm³/mol. The van der Waals surface area contributed by atoms with E-state index in [-0.39, 0.29) is 11.9 Å². The van der Waals surface area contributed by atoms with Crippen LogP contribution in [0.25, 0.3) is 0 Å². The first kappa shape index (κ1) is 12.1. The Bertz CT molecular complexity index is 357. The van der Waals surface area contributed by atoms with Gasteiger partial charge < -0.3 is 4.90 Å². The van der Waals surface area contributed by atoms with Crippen molar-refractivity contribution in [1.82, 2.24) is 14.7 Å². The third-order valence-electron chi connectivity index (χ3n) is 3.26. The fourth-order valence-corrected chi connectivity index (χ4v) is 2.06. The summed E-state index contributed by atoms with van der Waals surface area (Å²) < 4.78 is 1.73. The third-order valence-corrected chi connectivity index (χ3v) is 3.26. The Hall–Kier alpha value is -1.32. The van der Waals surface area contributed by atoms with Crippen LogP contribution in [-0.2, 0) is 4.79 Å². The lowest BCUT2D eigenvalue weighted by atomic mass is 10.2. The van der Waals surface area contributed by atoms with Crippen molar-refractivity contribution < 1.29 is 4.79 Å². The topological polar surface area (TPSA) is 38.1 Å². The van der Waals surface area contributed by atoms with Gasteiger partial charge in [0, 0.05) is 25.5 Å². The molecule has 1 atom stereocenters. The maximum absolute atomic E-state index is 12.4. The minimum Gasteiger partial charge on any atom is -0.341 e. The fourth-order valence-electron chi connectivity index (χ4n) is 2.06. The number of amides is 1. The molecular formula is C13H21N3O. The van der Waals surface area contributed by atoms with Crippen LogP contribution in [0.4, 0.5) is 0 Å². The van der Waals surface area contributed by atoms with E-state index in [9.17, 15) is 4.79 Å². The third kappa shape index (κ3) is 3.08. The molecular weight excluding hydrogens is 214 g/mol. The molecule has 1 unspecified atom stereocenters. The highest BCUT2D eigenvalue weighted by Crippen LogP contribution is 2.30. The van der Waals surface area contributed by atoms with E-state index in [0.717, 1.165) is 25.4 Å². The molecule has 1 aliphatic rings. The van der Waals surface area contributed by atoms with Crippen LogP contribution in [0.5, 0.6) is 0 Å². The van der Waals surface area contributed by atoms with E-state index in [1.807, 2.05) is 24.1 Å². The molecule has 94 valence electrons. The number of hydrogen-bond acceptors (Lipinski definition) is 2. The minimum absolute atomic E-state index is 0.185. The standard InChI is InChI=1S/C13H21N3O/c1-3-8-15(10-12-5-6-12)13(17)11(2)16-9-4-7-14-16/h4,7,9,11-12H,3,5-6,8,10H2,1-2H3. The lowest BCUT2D eigenvalue weighted by Gasteiger charge is -2.25. The second-order valence-electron chi connectivity index (χ2n) is 4.89. The van der Waals surface area contributed by atoms with E-state index < -0.39 is 0 Å². The molecule has 4 heteroatoms. The smallest absolute Gasteiger partial charge is 0.247 e. The first-order valence-electron chi connectivity index (χ1n) is 6.50. The van der Waals surface area contributed by atoms with Crippen molar-refractivity contribution in [2.75, 3.05) is 13.1 Å². The molecule has 0 aromatic carbocycles. The molecule has 1 fully saturated rings.